The minimum Gasteiger partial charge on any atom is -0.465 e. The van der Waals surface area contributed by atoms with E-state index >= 15 is 0 Å². The van der Waals surface area contributed by atoms with Crippen LogP contribution in [0.25, 0.3) is 22.2 Å². The molecule has 1 saturated carbocycles. The van der Waals surface area contributed by atoms with Gasteiger partial charge in [0.05, 0.1) is 67.2 Å². The summed E-state index contributed by atoms with van der Waals surface area (Å²) in [6.07, 6.45) is 6.76. The van der Waals surface area contributed by atoms with E-state index in [0.717, 1.165) is 60.1 Å². The second kappa shape index (κ2) is 10.1. The van der Waals surface area contributed by atoms with Crippen LogP contribution in [0.2, 0.25) is 0 Å². The molecule has 0 amide bonds. The Morgan fingerprint density at radius 3 is 2.48 bits per heavy atom. The average Bonchev–Trinajstić information content (AvgIpc) is 3.46. The lowest BCUT2D eigenvalue weighted by Crippen LogP contribution is -3.18. The van der Waals surface area contributed by atoms with Gasteiger partial charge in [-0.15, -0.1) is 0 Å². The zero-order valence-electron chi connectivity index (χ0n) is 22.7. The SMILES string of the molecule is COC(=O)c1ccc(Nc2cc(N3CC[NH+](C4CCCCC4)CC3)c3noc4c3c2C(=O)c2ccccc2-4)cc1. The number of nitrogens with zero attached hydrogens (tertiary/aromatic N) is 2. The molecule has 2 aliphatic carbocycles. The number of hydrogen-bond donors (Lipinski definition) is 2. The van der Waals surface area contributed by atoms with Crippen molar-refractivity contribution in [2.24, 2.45) is 0 Å². The van der Waals surface area contributed by atoms with Crippen molar-refractivity contribution in [2.75, 3.05) is 43.5 Å². The van der Waals surface area contributed by atoms with Crippen molar-refractivity contribution in [1.29, 1.82) is 0 Å². The summed E-state index contributed by atoms with van der Waals surface area (Å²) in [5, 5.41) is 8.78. The monoisotopic (exact) mass is 537 g/mol. The first-order valence-electron chi connectivity index (χ1n) is 14.3. The number of hydrogen-bond acceptors (Lipinski definition) is 7. The number of quaternary nitrogens is 1. The van der Waals surface area contributed by atoms with E-state index in [-0.39, 0.29) is 11.8 Å². The van der Waals surface area contributed by atoms with Crippen LogP contribution < -0.4 is 15.1 Å². The smallest absolute Gasteiger partial charge is 0.337 e. The number of fused-ring (bicyclic) bond motifs is 2. The lowest BCUT2D eigenvalue weighted by atomic mass is 9.86. The van der Waals surface area contributed by atoms with E-state index in [1.54, 1.807) is 17.0 Å². The summed E-state index contributed by atoms with van der Waals surface area (Å²) in [5.74, 6) is 0.196. The first-order chi connectivity index (χ1) is 19.6. The highest BCUT2D eigenvalue weighted by Gasteiger charge is 2.35. The molecule has 1 aliphatic heterocycles. The number of rotatable bonds is 5. The molecule has 3 aromatic carbocycles. The summed E-state index contributed by atoms with van der Waals surface area (Å²) < 4.78 is 10.8. The number of methoxy groups -OCH3 is 1. The fourth-order valence-electron chi connectivity index (χ4n) is 6.80. The van der Waals surface area contributed by atoms with Crippen LogP contribution >= 0.6 is 0 Å². The molecule has 2 heterocycles. The Morgan fingerprint density at radius 1 is 1.02 bits per heavy atom. The van der Waals surface area contributed by atoms with Gasteiger partial charge in [-0.05, 0) is 56.0 Å². The third kappa shape index (κ3) is 4.14. The number of nitrogens with one attached hydrogen (secondary N) is 2. The maximum absolute atomic E-state index is 13.9. The van der Waals surface area contributed by atoms with Gasteiger partial charge < -0.3 is 24.4 Å². The van der Waals surface area contributed by atoms with Crippen LogP contribution in [-0.2, 0) is 4.74 Å². The first-order valence-corrected chi connectivity index (χ1v) is 14.3. The van der Waals surface area contributed by atoms with Crippen LogP contribution in [0.1, 0.15) is 58.4 Å². The van der Waals surface area contributed by atoms with Crippen molar-refractivity contribution in [3.8, 4) is 11.3 Å². The summed E-state index contributed by atoms with van der Waals surface area (Å²) in [5.41, 5.74) is 5.62. The number of ether oxygens (including phenoxy) is 1. The number of carbonyl (C=O) groups excluding carboxylic acids is 2. The molecule has 0 bridgehead atoms. The molecule has 2 N–H and O–H groups in total. The van der Waals surface area contributed by atoms with E-state index in [4.69, 9.17) is 9.26 Å². The molecule has 3 aliphatic rings. The van der Waals surface area contributed by atoms with Crippen LogP contribution in [0.4, 0.5) is 17.1 Å². The summed E-state index contributed by atoms with van der Waals surface area (Å²) >= 11 is 0. The molecular formula is C32H33N4O4+. The van der Waals surface area contributed by atoms with Crippen molar-refractivity contribution in [3.05, 3.63) is 71.3 Å². The van der Waals surface area contributed by atoms with Crippen LogP contribution in [0.3, 0.4) is 0 Å². The highest BCUT2D eigenvalue weighted by molar-refractivity contribution is 6.28. The molecule has 2 fully saturated rings. The minimum absolute atomic E-state index is 0.0527. The minimum atomic E-state index is -0.388. The molecule has 1 aromatic heterocycles. The van der Waals surface area contributed by atoms with E-state index in [1.165, 1.54) is 39.2 Å². The Balaban J connectivity index is 1.29. The third-order valence-corrected chi connectivity index (χ3v) is 8.89. The Hall–Kier alpha value is -4.17. The van der Waals surface area contributed by atoms with Gasteiger partial charge in [-0.25, -0.2) is 4.79 Å². The molecule has 1 saturated heterocycles. The first kappa shape index (κ1) is 24.8. The normalized spacial score (nSPS) is 17.6. The third-order valence-electron chi connectivity index (χ3n) is 8.89. The Kier molecular flexibility index (Phi) is 6.27. The highest BCUT2D eigenvalue weighted by atomic mass is 16.5. The van der Waals surface area contributed by atoms with Crippen molar-refractivity contribution in [3.63, 3.8) is 0 Å². The molecule has 0 radical (unpaired) electrons. The quantitative estimate of drug-likeness (QED) is 0.317. The van der Waals surface area contributed by atoms with Crippen LogP contribution in [0.5, 0.6) is 0 Å². The summed E-state index contributed by atoms with van der Waals surface area (Å²) in [7, 11) is 1.37. The van der Waals surface area contributed by atoms with E-state index in [9.17, 15) is 9.59 Å². The van der Waals surface area contributed by atoms with Crippen LogP contribution in [-0.4, -0.2) is 56.2 Å². The second-order valence-corrected chi connectivity index (χ2v) is 11.1. The van der Waals surface area contributed by atoms with Crippen LogP contribution in [0, 0.1) is 0 Å². The molecule has 0 spiro atoms. The predicted octanol–water partition coefficient (Wildman–Crippen LogP) is 4.61. The van der Waals surface area contributed by atoms with E-state index in [0.29, 0.717) is 28.1 Å². The molecule has 40 heavy (non-hydrogen) atoms. The van der Waals surface area contributed by atoms with Gasteiger partial charge in [0.2, 0.25) is 0 Å². The lowest BCUT2D eigenvalue weighted by Gasteiger charge is -2.39. The van der Waals surface area contributed by atoms with Crippen molar-refractivity contribution in [1.82, 2.24) is 5.16 Å². The van der Waals surface area contributed by atoms with Gasteiger partial charge in [-0.2, -0.15) is 0 Å². The number of ketones is 1. The molecule has 4 aromatic rings. The fraction of sp³-hybridized carbons (Fsp3) is 0.344. The second-order valence-electron chi connectivity index (χ2n) is 11.1. The van der Waals surface area contributed by atoms with Crippen LogP contribution in [0.15, 0.2) is 59.1 Å². The number of benzene rings is 3. The van der Waals surface area contributed by atoms with Gasteiger partial charge >= 0.3 is 5.97 Å². The number of esters is 1. The molecule has 7 rings (SSSR count). The lowest BCUT2D eigenvalue weighted by molar-refractivity contribution is -0.927. The molecule has 8 nitrogen and oxygen atoms in total. The summed E-state index contributed by atoms with van der Waals surface area (Å²) in [6.45, 7) is 4.05. The van der Waals surface area contributed by atoms with Gasteiger partial charge in [-0.3, -0.25) is 4.79 Å². The van der Waals surface area contributed by atoms with E-state index < -0.39 is 0 Å². The number of anilines is 3. The molecular weight excluding hydrogens is 504 g/mol. The van der Waals surface area contributed by atoms with E-state index in [2.05, 4.69) is 21.4 Å². The number of aromatic nitrogens is 1. The van der Waals surface area contributed by atoms with Crippen molar-refractivity contribution in [2.45, 2.75) is 38.1 Å². The highest BCUT2D eigenvalue weighted by Crippen LogP contribution is 2.46. The average molecular weight is 538 g/mol. The summed E-state index contributed by atoms with van der Waals surface area (Å²) in [4.78, 5) is 30.0. The number of piperazine rings is 1. The van der Waals surface area contributed by atoms with Crippen molar-refractivity contribution < 1.29 is 23.7 Å². The molecule has 8 heteroatoms. The largest absolute Gasteiger partial charge is 0.465 e. The van der Waals surface area contributed by atoms with E-state index in [1.807, 2.05) is 36.4 Å². The standard InChI is InChI=1S/C32H32N4O4/c1-39-32(38)20-11-13-21(14-12-20)33-25-19-26(36-17-15-35(16-18-36)22-7-3-2-4-8-22)29-28-27(25)30(37)23-9-5-6-10-24(23)31(28)40-34-29/h5-6,9-14,19,22,33H,2-4,7-8,15-18H2,1H3/p+1. The van der Waals surface area contributed by atoms with Gasteiger partial charge in [0.1, 0.15) is 5.52 Å². The Bertz CT molecular complexity index is 1600. The van der Waals surface area contributed by atoms with Gasteiger partial charge in [-0.1, -0.05) is 35.8 Å². The fourth-order valence-corrected chi connectivity index (χ4v) is 6.80. The maximum Gasteiger partial charge on any atom is 0.337 e. The summed E-state index contributed by atoms with van der Waals surface area (Å²) in [6, 6.07) is 17.5. The topological polar surface area (TPSA) is 89.1 Å². The number of carbonyl (C=O) groups is 2. The van der Waals surface area contributed by atoms with Gasteiger partial charge in [0.15, 0.2) is 11.5 Å². The zero-order valence-corrected chi connectivity index (χ0v) is 22.7. The molecule has 204 valence electrons. The zero-order chi connectivity index (χ0) is 27.2. The van der Waals surface area contributed by atoms with Gasteiger partial charge in [0.25, 0.3) is 0 Å². The Labute approximate surface area is 232 Å². The molecule has 0 atom stereocenters. The maximum atomic E-state index is 13.9. The Morgan fingerprint density at radius 2 is 1.75 bits per heavy atom. The predicted molar refractivity (Wildman–Crippen MR) is 154 cm³/mol. The van der Waals surface area contributed by atoms with Gasteiger partial charge in [0, 0.05) is 16.8 Å². The molecule has 0 unspecified atom stereocenters. The van der Waals surface area contributed by atoms with Crippen molar-refractivity contribution >= 4 is 39.7 Å².